The molecule has 8 heteroatoms. The zero-order valence-electron chi connectivity index (χ0n) is 15.1. The number of ether oxygens (including phenoxy) is 1. The van der Waals surface area contributed by atoms with Crippen molar-refractivity contribution in [1.82, 2.24) is 4.98 Å². The van der Waals surface area contributed by atoms with E-state index in [0.717, 1.165) is 26.4 Å². The van der Waals surface area contributed by atoms with Gasteiger partial charge >= 0.3 is 5.97 Å². The van der Waals surface area contributed by atoms with Crippen LogP contribution in [-0.4, -0.2) is 23.5 Å². The van der Waals surface area contributed by atoms with E-state index in [1.807, 2.05) is 31.2 Å². The third-order valence-corrected chi connectivity index (χ3v) is 6.33. The number of carbonyl (C=O) groups excluding carboxylic acids is 2. The summed E-state index contributed by atoms with van der Waals surface area (Å²) in [5.74, 6) is -0.603. The molecule has 0 aliphatic carbocycles. The lowest BCUT2D eigenvalue weighted by Gasteiger charge is -2.04. The molecule has 0 radical (unpaired) electrons. The predicted molar refractivity (Wildman–Crippen MR) is 110 cm³/mol. The maximum absolute atomic E-state index is 12.5. The van der Waals surface area contributed by atoms with Crippen molar-refractivity contribution in [2.45, 2.75) is 13.8 Å². The van der Waals surface area contributed by atoms with Gasteiger partial charge in [0.15, 0.2) is 5.76 Å². The summed E-state index contributed by atoms with van der Waals surface area (Å²) < 4.78 is 11.4. The third kappa shape index (κ3) is 3.32. The molecule has 6 nitrogen and oxygen atoms in total. The first kappa shape index (κ1) is 18.4. The van der Waals surface area contributed by atoms with Gasteiger partial charge in [0.1, 0.15) is 14.9 Å². The Labute approximate surface area is 168 Å². The van der Waals surface area contributed by atoms with Crippen LogP contribution in [0.15, 0.2) is 47.1 Å². The number of nitrogens with one attached hydrogen (secondary N) is 1. The summed E-state index contributed by atoms with van der Waals surface area (Å²) in [5, 5.41) is 4.14. The van der Waals surface area contributed by atoms with Crippen molar-refractivity contribution >= 4 is 49.8 Å². The van der Waals surface area contributed by atoms with Crippen molar-refractivity contribution in [1.29, 1.82) is 0 Å². The zero-order chi connectivity index (χ0) is 19.7. The quantitative estimate of drug-likeness (QED) is 0.447. The van der Waals surface area contributed by atoms with Crippen LogP contribution >= 0.6 is 22.7 Å². The SMILES string of the molecule is CCOC(=O)c1sc(NC(=O)c2ccco2)c(-c2nc3ccccc3s2)c1C. The van der Waals surface area contributed by atoms with Gasteiger partial charge in [-0.2, -0.15) is 0 Å². The van der Waals surface area contributed by atoms with Crippen molar-refractivity contribution < 1.29 is 18.7 Å². The Morgan fingerprint density at radius 1 is 1.18 bits per heavy atom. The maximum Gasteiger partial charge on any atom is 0.348 e. The second kappa shape index (κ2) is 7.57. The highest BCUT2D eigenvalue weighted by atomic mass is 32.1. The minimum Gasteiger partial charge on any atom is -0.462 e. The van der Waals surface area contributed by atoms with Crippen LogP contribution in [0.25, 0.3) is 20.8 Å². The summed E-state index contributed by atoms with van der Waals surface area (Å²) in [5.41, 5.74) is 2.33. The molecule has 0 aliphatic heterocycles. The van der Waals surface area contributed by atoms with Gasteiger partial charge in [0, 0.05) is 5.56 Å². The summed E-state index contributed by atoms with van der Waals surface area (Å²) in [6.07, 6.45) is 1.44. The Balaban J connectivity index is 1.82. The number of esters is 1. The van der Waals surface area contributed by atoms with Gasteiger partial charge in [-0.3, -0.25) is 4.79 Å². The monoisotopic (exact) mass is 412 g/mol. The number of para-hydroxylation sites is 1. The molecule has 0 saturated carbocycles. The van der Waals surface area contributed by atoms with Crippen LogP contribution in [0.3, 0.4) is 0 Å². The van der Waals surface area contributed by atoms with E-state index in [-0.39, 0.29) is 18.3 Å². The molecule has 4 aromatic rings. The van der Waals surface area contributed by atoms with E-state index < -0.39 is 5.97 Å². The number of furan rings is 1. The van der Waals surface area contributed by atoms with Gasteiger partial charge in [0.05, 0.1) is 23.1 Å². The van der Waals surface area contributed by atoms with Crippen LogP contribution in [0.4, 0.5) is 5.00 Å². The average Bonchev–Trinajstić information content (AvgIpc) is 3.40. The minimum atomic E-state index is -0.411. The van der Waals surface area contributed by atoms with Gasteiger partial charge in [0.25, 0.3) is 5.91 Å². The van der Waals surface area contributed by atoms with Crippen molar-refractivity contribution in [2.75, 3.05) is 11.9 Å². The van der Waals surface area contributed by atoms with Crippen LogP contribution in [0.1, 0.15) is 32.7 Å². The Kier molecular flexibility index (Phi) is 4.97. The highest BCUT2D eigenvalue weighted by Gasteiger charge is 2.26. The first-order valence-electron chi connectivity index (χ1n) is 8.59. The summed E-state index contributed by atoms with van der Waals surface area (Å²) in [7, 11) is 0. The van der Waals surface area contributed by atoms with Gasteiger partial charge in [-0.05, 0) is 43.7 Å². The number of thiophene rings is 1. The number of nitrogens with zero attached hydrogens (tertiary/aromatic N) is 1. The summed E-state index contributed by atoms with van der Waals surface area (Å²) >= 11 is 2.69. The molecule has 0 saturated heterocycles. The lowest BCUT2D eigenvalue weighted by molar-refractivity contribution is 0.0531. The number of rotatable bonds is 5. The van der Waals surface area contributed by atoms with Crippen LogP contribution in [0, 0.1) is 6.92 Å². The molecule has 0 bridgehead atoms. The van der Waals surface area contributed by atoms with E-state index in [0.29, 0.717) is 9.88 Å². The molecule has 1 N–H and O–H groups in total. The van der Waals surface area contributed by atoms with Crippen molar-refractivity contribution in [3.05, 3.63) is 58.9 Å². The number of carbonyl (C=O) groups is 2. The molecule has 1 amide bonds. The molecular formula is C20H16N2O4S2. The number of thiazole rings is 1. The van der Waals surface area contributed by atoms with E-state index in [4.69, 9.17) is 14.1 Å². The Hall–Kier alpha value is -2.97. The molecule has 4 rings (SSSR count). The number of hydrogen-bond donors (Lipinski definition) is 1. The normalized spacial score (nSPS) is 10.9. The van der Waals surface area contributed by atoms with Gasteiger partial charge in [-0.25, -0.2) is 9.78 Å². The zero-order valence-corrected chi connectivity index (χ0v) is 16.8. The van der Waals surface area contributed by atoms with Crippen LogP contribution < -0.4 is 5.32 Å². The predicted octanol–water partition coefficient (Wildman–Crippen LogP) is 5.36. The van der Waals surface area contributed by atoms with E-state index in [1.165, 1.54) is 28.9 Å². The van der Waals surface area contributed by atoms with E-state index in [2.05, 4.69) is 5.32 Å². The maximum atomic E-state index is 12.5. The van der Waals surface area contributed by atoms with Gasteiger partial charge in [0.2, 0.25) is 0 Å². The Morgan fingerprint density at radius 3 is 2.71 bits per heavy atom. The van der Waals surface area contributed by atoms with E-state index in [1.54, 1.807) is 19.1 Å². The first-order valence-corrected chi connectivity index (χ1v) is 10.2. The topological polar surface area (TPSA) is 81.4 Å². The molecule has 142 valence electrons. The fourth-order valence-electron chi connectivity index (χ4n) is 2.80. The molecule has 0 unspecified atom stereocenters. The highest BCUT2D eigenvalue weighted by Crippen LogP contribution is 2.43. The molecule has 0 atom stereocenters. The number of anilines is 1. The number of aromatic nitrogens is 1. The molecule has 3 aromatic heterocycles. The number of fused-ring (bicyclic) bond motifs is 1. The molecule has 0 fully saturated rings. The Bertz CT molecular complexity index is 1130. The summed E-state index contributed by atoms with van der Waals surface area (Å²) in [6, 6.07) is 11.0. The molecule has 1 aromatic carbocycles. The van der Waals surface area contributed by atoms with Gasteiger partial charge in [-0.1, -0.05) is 12.1 Å². The first-order chi connectivity index (χ1) is 13.6. The average molecular weight is 412 g/mol. The second-order valence-electron chi connectivity index (χ2n) is 5.90. The third-order valence-electron chi connectivity index (χ3n) is 4.09. The molecule has 0 spiro atoms. The smallest absolute Gasteiger partial charge is 0.348 e. The van der Waals surface area contributed by atoms with Crippen LogP contribution in [0.5, 0.6) is 0 Å². The molecular weight excluding hydrogens is 396 g/mol. The second-order valence-corrected chi connectivity index (χ2v) is 7.95. The van der Waals surface area contributed by atoms with Gasteiger partial charge < -0.3 is 14.5 Å². The van der Waals surface area contributed by atoms with Crippen molar-refractivity contribution in [3.8, 4) is 10.6 Å². The molecule has 0 aliphatic rings. The van der Waals surface area contributed by atoms with E-state index >= 15 is 0 Å². The molecule has 28 heavy (non-hydrogen) atoms. The minimum absolute atomic E-state index is 0.194. The lowest BCUT2D eigenvalue weighted by atomic mass is 10.1. The van der Waals surface area contributed by atoms with Crippen molar-refractivity contribution in [2.24, 2.45) is 0 Å². The van der Waals surface area contributed by atoms with Crippen LogP contribution in [-0.2, 0) is 4.74 Å². The largest absolute Gasteiger partial charge is 0.462 e. The van der Waals surface area contributed by atoms with Crippen LogP contribution in [0.2, 0.25) is 0 Å². The van der Waals surface area contributed by atoms with Gasteiger partial charge in [-0.15, -0.1) is 22.7 Å². The number of amides is 1. The fraction of sp³-hybridized carbons (Fsp3) is 0.150. The standard InChI is InChI=1S/C20H16N2O4S2/c1-3-25-20(24)16-11(2)15(18-21-12-7-4-5-9-14(12)27-18)19(28-16)22-17(23)13-8-6-10-26-13/h4-10H,3H2,1-2H3,(H,22,23). The number of benzene rings is 1. The Morgan fingerprint density at radius 2 is 2.00 bits per heavy atom. The fourth-order valence-corrected chi connectivity index (χ4v) is 5.04. The van der Waals surface area contributed by atoms with E-state index in [9.17, 15) is 9.59 Å². The number of hydrogen-bond acceptors (Lipinski definition) is 7. The lowest BCUT2D eigenvalue weighted by Crippen LogP contribution is -2.10. The summed E-state index contributed by atoms with van der Waals surface area (Å²) in [6.45, 7) is 3.88. The summed E-state index contributed by atoms with van der Waals surface area (Å²) in [4.78, 5) is 30.0. The highest BCUT2D eigenvalue weighted by molar-refractivity contribution is 7.23. The molecule has 3 heterocycles. The van der Waals surface area contributed by atoms with Crippen molar-refractivity contribution in [3.63, 3.8) is 0 Å².